The fourth-order valence-electron chi connectivity index (χ4n) is 4.99. The summed E-state index contributed by atoms with van der Waals surface area (Å²) < 4.78 is 5.90. The van der Waals surface area contributed by atoms with E-state index in [4.69, 9.17) is 4.74 Å². The van der Waals surface area contributed by atoms with Crippen molar-refractivity contribution in [2.45, 2.75) is 56.6 Å². The van der Waals surface area contributed by atoms with Gasteiger partial charge in [-0.1, -0.05) is 0 Å². The van der Waals surface area contributed by atoms with E-state index < -0.39 is 0 Å². The predicted molar refractivity (Wildman–Crippen MR) is 58.9 cm³/mol. The van der Waals surface area contributed by atoms with E-state index in [1.165, 1.54) is 32.4 Å². The van der Waals surface area contributed by atoms with Gasteiger partial charge < -0.3 is 4.74 Å². The van der Waals surface area contributed by atoms with Crippen LogP contribution in [0.15, 0.2) is 0 Å². The van der Waals surface area contributed by atoms with E-state index in [2.05, 4.69) is 4.90 Å². The molecular formula is C13H19NO2. The Hall–Kier alpha value is -0.570. The van der Waals surface area contributed by atoms with Crippen molar-refractivity contribution in [3.63, 3.8) is 0 Å². The smallest absolute Gasteiger partial charge is 0.314 e. The molecule has 3 aliphatic heterocycles. The van der Waals surface area contributed by atoms with E-state index in [1.54, 1.807) is 0 Å². The zero-order chi connectivity index (χ0) is 10.8. The number of carbonyl (C=O) groups is 1. The van der Waals surface area contributed by atoms with Crippen LogP contribution in [0.3, 0.4) is 0 Å². The molecule has 0 aromatic carbocycles. The molecule has 3 heteroatoms. The molecule has 2 bridgehead atoms. The summed E-state index contributed by atoms with van der Waals surface area (Å²) in [7, 11) is 0. The first-order valence-electron chi connectivity index (χ1n) is 6.74. The molecule has 3 atom stereocenters. The lowest BCUT2D eigenvalue weighted by molar-refractivity contribution is -0.154. The first-order chi connectivity index (χ1) is 7.77. The predicted octanol–water partition coefficient (Wildman–Crippen LogP) is 1.71. The third kappa shape index (κ3) is 0.885. The van der Waals surface area contributed by atoms with E-state index in [1.807, 2.05) is 0 Å². The number of rotatable bonds is 0. The van der Waals surface area contributed by atoms with Crippen molar-refractivity contribution >= 4 is 5.97 Å². The van der Waals surface area contributed by atoms with Crippen LogP contribution >= 0.6 is 0 Å². The Morgan fingerprint density at radius 1 is 1.06 bits per heavy atom. The van der Waals surface area contributed by atoms with Crippen molar-refractivity contribution in [2.75, 3.05) is 13.1 Å². The van der Waals surface area contributed by atoms with Crippen LogP contribution in [0.1, 0.15) is 44.9 Å². The second-order valence-electron chi connectivity index (χ2n) is 6.11. The Morgan fingerprint density at radius 3 is 2.62 bits per heavy atom. The van der Waals surface area contributed by atoms with E-state index in [9.17, 15) is 4.79 Å². The van der Waals surface area contributed by atoms with Crippen LogP contribution in [-0.4, -0.2) is 35.6 Å². The van der Waals surface area contributed by atoms with E-state index in [-0.39, 0.29) is 17.0 Å². The number of piperidine rings is 2. The van der Waals surface area contributed by atoms with Gasteiger partial charge in [-0.25, -0.2) is 0 Å². The van der Waals surface area contributed by atoms with Gasteiger partial charge in [0.15, 0.2) is 0 Å². The molecule has 3 heterocycles. The fourth-order valence-corrected chi connectivity index (χ4v) is 4.99. The topological polar surface area (TPSA) is 29.5 Å². The lowest BCUT2D eigenvalue weighted by Gasteiger charge is -2.54. The molecule has 4 aliphatic rings. The summed E-state index contributed by atoms with van der Waals surface area (Å²) in [6.45, 7) is 2.37. The van der Waals surface area contributed by atoms with E-state index >= 15 is 0 Å². The molecule has 3 nitrogen and oxygen atoms in total. The van der Waals surface area contributed by atoms with Crippen LogP contribution in [0.25, 0.3) is 0 Å². The lowest BCUT2D eigenvalue weighted by atomic mass is 9.59. The van der Waals surface area contributed by atoms with Gasteiger partial charge in [0.2, 0.25) is 0 Å². The summed E-state index contributed by atoms with van der Waals surface area (Å²) in [6, 6.07) is 0.434. The summed E-state index contributed by atoms with van der Waals surface area (Å²) in [5.74, 6) is 0.140. The highest BCUT2D eigenvalue weighted by atomic mass is 16.6. The van der Waals surface area contributed by atoms with Crippen molar-refractivity contribution in [3.05, 3.63) is 0 Å². The first kappa shape index (κ1) is 9.46. The van der Waals surface area contributed by atoms with E-state index in [0.29, 0.717) is 6.04 Å². The van der Waals surface area contributed by atoms with Gasteiger partial charge in [0.25, 0.3) is 0 Å². The second kappa shape index (κ2) is 2.81. The van der Waals surface area contributed by atoms with Crippen LogP contribution in [-0.2, 0) is 9.53 Å². The molecule has 16 heavy (non-hydrogen) atoms. The number of esters is 1. The standard InChI is InChI=1S/C13H19NO2/c15-11-12-4-1-6-13(16-11)7-3-9-14(10(12)13)8-2-5-12/h10H,1-9H2/t10-,12+,13-/m1/s1. The van der Waals surface area contributed by atoms with Crippen LogP contribution in [0.4, 0.5) is 0 Å². The minimum atomic E-state index is -0.100. The number of hydrogen-bond acceptors (Lipinski definition) is 3. The second-order valence-corrected chi connectivity index (χ2v) is 6.11. The van der Waals surface area contributed by atoms with Crippen molar-refractivity contribution < 1.29 is 9.53 Å². The zero-order valence-corrected chi connectivity index (χ0v) is 9.71. The van der Waals surface area contributed by atoms with Crippen molar-refractivity contribution in [1.82, 2.24) is 4.90 Å². The van der Waals surface area contributed by atoms with Crippen LogP contribution < -0.4 is 0 Å². The molecular weight excluding hydrogens is 202 g/mol. The summed E-state index contributed by atoms with van der Waals surface area (Å²) in [4.78, 5) is 14.9. The molecule has 4 fully saturated rings. The highest BCUT2D eigenvalue weighted by Gasteiger charge is 2.69. The Kier molecular flexibility index (Phi) is 1.66. The van der Waals surface area contributed by atoms with Crippen LogP contribution in [0.2, 0.25) is 0 Å². The number of carbonyl (C=O) groups excluding carboxylic acids is 1. The third-order valence-corrected chi connectivity index (χ3v) is 5.43. The Bertz CT molecular complexity index is 346. The van der Waals surface area contributed by atoms with Gasteiger partial charge in [0, 0.05) is 0 Å². The number of nitrogens with zero attached hydrogens (tertiary/aromatic N) is 1. The molecule has 0 unspecified atom stereocenters. The number of hydrogen-bond donors (Lipinski definition) is 0. The molecule has 1 aliphatic carbocycles. The van der Waals surface area contributed by atoms with Gasteiger partial charge in [-0.05, 0) is 58.0 Å². The SMILES string of the molecule is O=C1O[C@@]23CCCN4CCC[C@@]1(CCC2)[C@@H]43. The third-order valence-electron chi connectivity index (χ3n) is 5.43. The lowest BCUT2D eigenvalue weighted by Crippen LogP contribution is -2.64. The summed E-state index contributed by atoms with van der Waals surface area (Å²) in [6.07, 6.45) is 7.96. The van der Waals surface area contributed by atoms with Crippen molar-refractivity contribution in [2.24, 2.45) is 5.41 Å². The van der Waals surface area contributed by atoms with Gasteiger partial charge in [-0.15, -0.1) is 0 Å². The minimum absolute atomic E-state index is 0.0754. The van der Waals surface area contributed by atoms with Gasteiger partial charge in [0.05, 0.1) is 11.5 Å². The number of ether oxygens (including phenoxy) is 1. The average Bonchev–Trinajstić information content (AvgIpc) is 2.45. The largest absolute Gasteiger partial charge is 0.457 e. The maximum atomic E-state index is 12.3. The maximum Gasteiger partial charge on any atom is 0.314 e. The quantitative estimate of drug-likeness (QED) is 0.583. The maximum absolute atomic E-state index is 12.3. The molecule has 0 radical (unpaired) electrons. The van der Waals surface area contributed by atoms with Gasteiger partial charge in [-0.2, -0.15) is 0 Å². The van der Waals surface area contributed by atoms with Crippen molar-refractivity contribution in [3.8, 4) is 0 Å². The van der Waals surface area contributed by atoms with Gasteiger partial charge >= 0.3 is 5.97 Å². The minimum Gasteiger partial charge on any atom is -0.457 e. The fraction of sp³-hybridized carbons (Fsp3) is 0.923. The summed E-state index contributed by atoms with van der Waals surface area (Å²) >= 11 is 0. The van der Waals surface area contributed by atoms with Gasteiger partial charge in [-0.3, -0.25) is 9.69 Å². The Morgan fingerprint density at radius 2 is 1.75 bits per heavy atom. The first-order valence-corrected chi connectivity index (χ1v) is 6.74. The molecule has 0 amide bonds. The summed E-state index contributed by atoms with van der Waals surface area (Å²) in [5, 5.41) is 0. The van der Waals surface area contributed by atoms with E-state index in [0.717, 1.165) is 25.7 Å². The molecule has 0 spiro atoms. The summed E-state index contributed by atoms with van der Waals surface area (Å²) in [5.41, 5.74) is -0.176. The normalized spacial score (nSPS) is 51.0. The molecule has 1 saturated carbocycles. The molecule has 3 saturated heterocycles. The molecule has 4 rings (SSSR count). The highest BCUT2D eigenvalue weighted by Crippen LogP contribution is 2.60. The molecule has 0 N–H and O–H groups in total. The molecule has 0 aromatic rings. The molecule has 88 valence electrons. The Labute approximate surface area is 96.1 Å². The van der Waals surface area contributed by atoms with Gasteiger partial charge in [0.1, 0.15) is 5.60 Å². The van der Waals surface area contributed by atoms with Crippen LogP contribution in [0.5, 0.6) is 0 Å². The highest BCUT2D eigenvalue weighted by molar-refractivity contribution is 5.82. The van der Waals surface area contributed by atoms with Crippen molar-refractivity contribution in [1.29, 1.82) is 0 Å². The zero-order valence-electron chi connectivity index (χ0n) is 9.71. The average molecular weight is 221 g/mol. The monoisotopic (exact) mass is 221 g/mol. The molecule has 0 aromatic heterocycles. The van der Waals surface area contributed by atoms with Crippen LogP contribution in [0, 0.1) is 5.41 Å². The Balaban J connectivity index is 1.87.